The van der Waals surface area contributed by atoms with Crippen LogP contribution in [0.25, 0.3) is 0 Å². The van der Waals surface area contributed by atoms with Crippen LogP contribution in [0.2, 0.25) is 0 Å². The second-order valence-electron chi connectivity index (χ2n) is 12.4. The first kappa shape index (κ1) is 27.9. The molecule has 3 aliphatic carbocycles. The zero-order valence-corrected chi connectivity index (χ0v) is 23.8. The molecule has 2 saturated carbocycles. The number of fused-ring (bicyclic) bond motifs is 5. The van der Waals surface area contributed by atoms with Crippen LogP contribution in [0.4, 0.5) is 0 Å². The molecule has 202 valence electrons. The zero-order chi connectivity index (χ0) is 26.0. The smallest absolute Gasteiger partial charge is 0.321 e. The van der Waals surface area contributed by atoms with Crippen molar-refractivity contribution in [1.29, 1.82) is 0 Å². The van der Waals surface area contributed by atoms with Gasteiger partial charge in [0.05, 0.1) is 38.8 Å². The average molecular weight is 519 g/mol. The van der Waals surface area contributed by atoms with Crippen LogP contribution >= 0.6 is 11.8 Å². The summed E-state index contributed by atoms with van der Waals surface area (Å²) in [5.41, 5.74) is 5.24. The number of benzene rings is 1. The second-order valence-corrected chi connectivity index (χ2v) is 13.5. The Morgan fingerprint density at radius 1 is 1.03 bits per heavy atom. The van der Waals surface area contributed by atoms with Crippen LogP contribution in [0, 0.1) is 29.6 Å². The summed E-state index contributed by atoms with van der Waals surface area (Å²) >= 11 is 1.53. The Bertz CT molecular complexity index is 930. The molecule has 1 N–H and O–H groups in total. The third kappa shape index (κ3) is 5.52. The molecule has 0 aliphatic heterocycles. The highest BCUT2D eigenvalue weighted by Gasteiger charge is 2.61. The number of ether oxygens (including phenoxy) is 3. The average Bonchev–Trinajstić information content (AvgIpc) is 3.11. The van der Waals surface area contributed by atoms with Gasteiger partial charge in [0.1, 0.15) is 5.75 Å². The standard InChI is InChI=1S/C30H46O5S/c1-21-17-23(35-26(32)20-36-16-15-34-14-13-33-12-11-31)18-22-19-25-29(4)9-6-8-28(2,3)24(29)7-10-30(25,5)27(21)22/h17-18,24-25,31H,6-16,19-20H2,1-5H3/t24-,25+,29-,30+/m0/s1. The molecule has 1 aromatic rings. The van der Waals surface area contributed by atoms with Gasteiger partial charge in [-0.05, 0) is 95.9 Å². The van der Waals surface area contributed by atoms with E-state index < -0.39 is 0 Å². The molecular weight excluding hydrogens is 472 g/mol. The quantitative estimate of drug-likeness (QED) is 0.230. The minimum atomic E-state index is -0.201. The number of thioether (sulfide) groups is 1. The van der Waals surface area contributed by atoms with Crippen LogP contribution in [0.1, 0.15) is 76.5 Å². The minimum absolute atomic E-state index is 0.0276. The lowest BCUT2D eigenvalue weighted by molar-refractivity contribution is -0.131. The highest BCUT2D eigenvalue weighted by molar-refractivity contribution is 7.99. The zero-order valence-electron chi connectivity index (χ0n) is 23.0. The van der Waals surface area contributed by atoms with Crippen molar-refractivity contribution >= 4 is 17.7 Å². The van der Waals surface area contributed by atoms with Gasteiger partial charge in [-0.15, -0.1) is 11.8 Å². The number of aliphatic hydroxyl groups excluding tert-OH is 1. The molecule has 0 saturated heterocycles. The molecule has 6 heteroatoms. The molecule has 36 heavy (non-hydrogen) atoms. The summed E-state index contributed by atoms with van der Waals surface area (Å²) in [5, 5.41) is 8.67. The van der Waals surface area contributed by atoms with Gasteiger partial charge in [-0.3, -0.25) is 4.79 Å². The molecule has 0 heterocycles. The fourth-order valence-electron chi connectivity index (χ4n) is 8.31. The normalized spacial score (nSPS) is 30.4. The van der Waals surface area contributed by atoms with E-state index in [4.69, 9.17) is 19.3 Å². The van der Waals surface area contributed by atoms with E-state index in [0.29, 0.717) is 54.7 Å². The fourth-order valence-corrected chi connectivity index (χ4v) is 8.92. The van der Waals surface area contributed by atoms with Crippen LogP contribution in [-0.4, -0.2) is 55.6 Å². The fraction of sp³-hybridized carbons (Fsp3) is 0.767. The predicted molar refractivity (Wildman–Crippen MR) is 146 cm³/mol. The number of carbonyl (C=O) groups is 1. The molecular formula is C30H46O5S. The first-order chi connectivity index (χ1) is 17.1. The number of hydrogen-bond donors (Lipinski definition) is 1. The number of aliphatic hydroxyl groups is 1. The molecule has 5 nitrogen and oxygen atoms in total. The molecule has 0 amide bonds. The van der Waals surface area contributed by atoms with Crippen LogP contribution in [0.5, 0.6) is 5.75 Å². The third-order valence-electron chi connectivity index (χ3n) is 9.61. The summed E-state index contributed by atoms with van der Waals surface area (Å²) in [6, 6.07) is 4.25. The van der Waals surface area contributed by atoms with E-state index in [1.54, 1.807) is 0 Å². The molecule has 0 aromatic heterocycles. The lowest BCUT2D eigenvalue weighted by atomic mass is 9.43. The van der Waals surface area contributed by atoms with Crippen LogP contribution in [0.15, 0.2) is 12.1 Å². The minimum Gasteiger partial charge on any atom is -0.426 e. The molecule has 0 bridgehead atoms. The van der Waals surface area contributed by atoms with Gasteiger partial charge in [0, 0.05) is 5.75 Å². The maximum absolute atomic E-state index is 12.5. The first-order valence-electron chi connectivity index (χ1n) is 13.8. The number of aryl methyl sites for hydroxylation is 1. The lowest BCUT2D eigenvalue weighted by Crippen LogP contribution is -2.55. The number of hydrogen-bond acceptors (Lipinski definition) is 6. The second kappa shape index (κ2) is 11.3. The Balaban J connectivity index is 1.35. The highest BCUT2D eigenvalue weighted by Crippen LogP contribution is 2.67. The third-order valence-corrected chi connectivity index (χ3v) is 10.5. The SMILES string of the molecule is Cc1cc(OC(=O)CSCCOCCOCCO)cc2c1[C@]1(C)CC[C@H]3C(C)(C)CCC[C@]3(C)[C@H]1C2. The van der Waals surface area contributed by atoms with Crippen LogP contribution < -0.4 is 4.74 Å². The Labute approximate surface area is 222 Å². The van der Waals surface area contributed by atoms with Gasteiger partial charge in [0.2, 0.25) is 0 Å². The summed E-state index contributed by atoms with van der Waals surface area (Å²) in [7, 11) is 0. The molecule has 0 spiro atoms. The van der Waals surface area contributed by atoms with E-state index in [9.17, 15) is 4.79 Å². The van der Waals surface area contributed by atoms with Crippen molar-refractivity contribution in [3.63, 3.8) is 0 Å². The summed E-state index contributed by atoms with van der Waals surface area (Å²) in [4.78, 5) is 12.5. The van der Waals surface area contributed by atoms with E-state index in [1.807, 2.05) is 0 Å². The Kier molecular flexibility index (Phi) is 8.81. The van der Waals surface area contributed by atoms with Gasteiger partial charge in [-0.2, -0.15) is 0 Å². The summed E-state index contributed by atoms with van der Waals surface area (Å²) in [6.07, 6.45) is 7.72. The number of rotatable bonds is 11. The van der Waals surface area contributed by atoms with Crippen LogP contribution in [-0.2, 0) is 26.1 Å². The number of carbonyl (C=O) groups excluding carboxylic acids is 1. The topological polar surface area (TPSA) is 65.0 Å². The van der Waals surface area contributed by atoms with Crippen molar-refractivity contribution in [3.05, 3.63) is 28.8 Å². The lowest BCUT2D eigenvalue weighted by Gasteiger charge is -2.61. The number of esters is 1. The molecule has 2 fully saturated rings. The van der Waals surface area contributed by atoms with E-state index in [-0.39, 0.29) is 18.0 Å². The Hall–Kier alpha value is -1.08. The summed E-state index contributed by atoms with van der Waals surface area (Å²) in [6.45, 7) is 14.2. The highest BCUT2D eigenvalue weighted by atomic mass is 32.2. The van der Waals surface area contributed by atoms with Crippen molar-refractivity contribution in [2.75, 3.05) is 44.5 Å². The van der Waals surface area contributed by atoms with Crippen molar-refractivity contribution in [1.82, 2.24) is 0 Å². The van der Waals surface area contributed by atoms with E-state index >= 15 is 0 Å². The van der Waals surface area contributed by atoms with Crippen molar-refractivity contribution in [2.45, 2.75) is 78.6 Å². The van der Waals surface area contributed by atoms with Gasteiger partial charge in [-0.1, -0.05) is 34.1 Å². The Morgan fingerprint density at radius 2 is 1.78 bits per heavy atom. The molecule has 3 aliphatic rings. The Morgan fingerprint density at radius 3 is 2.53 bits per heavy atom. The monoisotopic (exact) mass is 518 g/mol. The largest absolute Gasteiger partial charge is 0.426 e. The molecule has 0 unspecified atom stereocenters. The first-order valence-corrected chi connectivity index (χ1v) is 15.0. The molecule has 4 rings (SSSR count). The summed E-state index contributed by atoms with van der Waals surface area (Å²) in [5.74, 6) is 2.99. The molecule has 0 radical (unpaired) electrons. The maximum atomic E-state index is 12.5. The maximum Gasteiger partial charge on any atom is 0.321 e. The van der Waals surface area contributed by atoms with Gasteiger partial charge < -0.3 is 19.3 Å². The van der Waals surface area contributed by atoms with Crippen molar-refractivity contribution < 1.29 is 24.1 Å². The van der Waals surface area contributed by atoms with Gasteiger partial charge >= 0.3 is 5.97 Å². The summed E-state index contributed by atoms with van der Waals surface area (Å²) < 4.78 is 16.4. The predicted octanol–water partition coefficient (Wildman–Crippen LogP) is 5.72. The van der Waals surface area contributed by atoms with Gasteiger partial charge in [0.15, 0.2) is 0 Å². The van der Waals surface area contributed by atoms with E-state index in [1.165, 1.54) is 60.6 Å². The van der Waals surface area contributed by atoms with Crippen molar-refractivity contribution in [2.24, 2.45) is 22.7 Å². The molecule has 4 atom stereocenters. The van der Waals surface area contributed by atoms with E-state index in [2.05, 4.69) is 46.8 Å². The van der Waals surface area contributed by atoms with Crippen LogP contribution in [0.3, 0.4) is 0 Å². The molecule has 1 aromatic carbocycles. The van der Waals surface area contributed by atoms with Gasteiger partial charge in [-0.25, -0.2) is 0 Å². The van der Waals surface area contributed by atoms with E-state index in [0.717, 1.165) is 18.1 Å². The van der Waals surface area contributed by atoms with Crippen molar-refractivity contribution in [3.8, 4) is 5.75 Å². The van der Waals surface area contributed by atoms with Gasteiger partial charge in [0.25, 0.3) is 0 Å².